The second-order valence-corrected chi connectivity index (χ2v) is 4.70. The Labute approximate surface area is 88.7 Å². The fraction of sp³-hybridized carbons (Fsp3) is 0.583. The summed E-state index contributed by atoms with van der Waals surface area (Å²) in [6.45, 7) is 1.83. The molecule has 2 bridgehead atoms. The van der Waals surface area contributed by atoms with Crippen molar-refractivity contribution in [2.75, 3.05) is 7.05 Å². The lowest BCUT2D eigenvalue weighted by atomic mass is 9.98. The lowest BCUT2D eigenvalue weighted by molar-refractivity contribution is 0.204. The number of aryl methyl sites for hydroxylation is 1. The first-order valence-electron chi connectivity index (χ1n) is 5.51. The van der Waals surface area contributed by atoms with E-state index in [0.717, 1.165) is 29.7 Å². The van der Waals surface area contributed by atoms with Gasteiger partial charge < -0.3 is 4.42 Å². The van der Waals surface area contributed by atoms with Crippen LogP contribution in [0.1, 0.15) is 35.8 Å². The van der Waals surface area contributed by atoms with Crippen molar-refractivity contribution >= 4 is 0 Å². The largest absolute Gasteiger partial charge is 0.468 e. The van der Waals surface area contributed by atoms with Gasteiger partial charge >= 0.3 is 0 Å². The molecule has 15 heavy (non-hydrogen) atoms. The maximum Gasteiger partial charge on any atom is 0.192 e. The summed E-state index contributed by atoms with van der Waals surface area (Å²) in [5.74, 6) is 0.927. The van der Waals surface area contributed by atoms with E-state index < -0.39 is 0 Å². The quantitative estimate of drug-likeness (QED) is 0.645. The van der Waals surface area contributed by atoms with Gasteiger partial charge in [0.15, 0.2) is 5.43 Å². The number of rotatable bonds is 0. The Morgan fingerprint density at radius 1 is 1.47 bits per heavy atom. The van der Waals surface area contributed by atoms with Crippen LogP contribution in [0.25, 0.3) is 0 Å². The van der Waals surface area contributed by atoms with Crippen molar-refractivity contribution in [3.05, 3.63) is 33.4 Å². The molecule has 0 N–H and O–H groups in total. The van der Waals surface area contributed by atoms with Gasteiger partial charge in [0.2, 0.25) is 0 Å². The Morgan fingerprint density at radius 2 is 2.27 bits per heavy atom. The highest BCUT2D eigenvalue weighted by molar-refractivity contribution is 5.30. The third kappa shape index (κ3) is 1.13. The van der Waals surface area contributed by atoms with Crippen molar-refractivity contribution in [1.29, 1.82) is 0 Å². The third-order valence-electron chi connectivity index (χ3n) is 3.88. The molecule has 3 rings (SSSR count). The van der Waals surface area contributed by atoms with Gasteiger partial charge in [0.1, 0.15) is 5.76 Å². The van der Waals surface area contributed by atoms with E-state index in [1.807, 2.05) is 6.92 Å². The molecular weight excluding hydrogens is 190 g/mol. The number of fused-ring (bicyclic) bond motifs is 4. The molecule has 3 heterocycles. The minimum absolute atomic E-state index is 0.188. The van der Waals surface area contributed by atoms with Crippen LogP contribution in [-0.2, 0) is 6.42 Å². The average molecular weight is 205 g/mol. The van der Waals surface area contributed by atoms with Crippen LogP contribution < -0.4 is 5.43 Å². The zero-order valence-corrected chi connectivity index (χ0v) is 9.12. The Hall–Kier alpha value is -1.09. The van der Waals surface area contributed by atoms with Gasteiger partial charge in [-0.15, -0.1) is 0 Å². The maximum absolute atomic E-state index is 12.1. The summed E-state index contributed by atoms with van der Waals surface area (Å²) >= 11 is 0. The fourth-order valence-corrected chi connectivity index (χ4v) is 2.93. The molecule has 0 aliphatic carbocycles. The molecule has 2 aliphatic heterocycles. The van der Waals surface area contributed by atoms with E-state index >= 15 is 0 Å². The molecule has 2 unspecified atom stereocenters. The maximum atomic E-state index is 12.1. The molecule has 3 nitrogen and oxygen atoms in total. The van der Waals surface area contributed by atoms with Gasteiger partial charge in [0, 0.05) is 24.1 Å². The summed E-state index contributed by atoms with van der Waals surface area (Å²) in [5.41, 5.74) is 1.84. The predicted octanol–water partition coefficient (Wildman–Crippen LogP) is 1.64. The standard InChI is InChI=1S/C12H15NO2/c1-7-6-15-10-5-8-3-4-9(13(8)2)11(10)12(7)14/h6,8-9H,3-5H2,1-2H3. The Morgan fingerprint density at radius 3 is 3.07 bits per heavy atom. The van der Waals surface area contributed by atoms with Crippen LogP contribution in [0, 0.1) is 6.92 Å². The van der Waals surface area contributed by atoms with E-state index in [1.165, 1.54) is 6.42 Å². The predicted molar refractivity (Wildman–Crippen MR) is 56.9 cm³/mol. The first kappa shape index (κ1) is 9.16. The van der Waals surface area contributed by atoms with E-state index in [4.69, 9.17) is 4.42 Å². The molecule has 2 aliphatic rings. The highest BCUT2D eigenvalue weighted by atomic mass is 16.3. The van der Waals surface area contributed by atoms with Crippen molar-refractivity contribution in [3.8, 4) is 0 Å². The Balaban J connectivity index is 2.24. The zero-order chi connectivity index (χ0) is 10.6. The molecule has 2 atom stereocenters. The summed E-state index contributed by atoms with van der Waals surface area (Å²) < 4.78 is 5.56. The number of hydrogen-bond acceptors (Lipinski definition) is 3. The van der Waals surface area contributed by atoms with Crippen molar-refractivity contribution in [2.45, 2.75) is 38.3 Å². The van der Waals surface area contributed by atoms with Gasteiger partial charge in [-0.2, -0.15) is 0 Å². The number of hydrogen-bond donors (Lipinski definition) is 0. The van der Waals surface area contributed by atoms with Gasteiger partial charge in [-0.1, -0.05) is 0 Å². The van der Waals surface area contributed by atoms with Crippen LogP contribution in [0.3, 0.4) is 0 Å². The average Bonchev–Trinajstić information content (AvgIpc) is 2.49. The lowest BCUT2D eigenvalue weighted by Crippen LogP contribution is -2.37. The molecule has 1 saturated heterocycles. The van der Waals surface area contributed by atoms with E-state index in [2.05, 4.69) is 11.9 Å². The molecular formula is C12H15NO2. The topological polar surface area (TPSA) is 33.5 Å². The van der Waals surface area contributed by atoms with Crippen molar-refractivity contribution in [1.82, 2.24) is 4.90 Å². The normalized spacial score (nSPS) is 29.2. The van der Waals surface area contributed by atoms with Crippen LogP contribution in [-0.4, -0.2) is 18.0 Å². The number of nitrogens with zero attached hydrogens (tertiary/aromatic N) is 1. The molecule has 0 aromatic carbocycles. The SMILES string of the molecule is Cc1coc2c(c1=O)C1CCC(C2)N1C. The van der Waals surface area contributed by atoms with Crippen LogP contribution in [0.2, 0.25) is 0 Å². The molecule has 1 fully saturated rings. The van der Waals surface area contributed by atoms with Crippen LogP contribution >= 0.6 is 0 Å². The van der Waals surface area contributed by atoms with E-state index in [1.54, 1.807) is 6.26 Å². The molecule has 1 aromatic rings. The first-order chi connectivity index (χ1) is 7.18. The molecule has 0 spiro atoms. The van der Waals surface area contributed by atoms with Crippen LogP contribution in [0.5, 0.6) is 0 Å². The van der Waals surface area contributed by atoms with Crippen LogP contribution in [0.15, 0.2) is 15.5 Å². The third-order valence-corrected chi connectivity index (χ3v) is 3.88. The minimum Gasteiger partial charge on any atom is -0.468 e. The smallest absolute Gasteiger partial charge is 0.192 e. The minimum atomic E-state index is 0.188. The van der Waals surface area contributed by atoms with Gasteiger partial charge in [0.05, 0.1) is 11.8 Å². The van der Waals surface area contributed by atoms with Gasteiger partial charge in [0.25, 0.3) is 0 Å². The highest BCUT2D eigenvalue weighted by Crippen LogP contribution is 2.40. The van der Waals surface area contributed by atoms with Crippen molar-refractivity contribution < 1.29 is 4.42 Å². The molecule has 0 amide bonds. The fourth-order valence-electron chi connectivity index (χ4n) is 2.93. The molecule has 1 aromatic heterocycles. The van der Waals surface area contributed by atoms with Crippen LogP contribution in [0.4, 0.5) is 0 Å². The van der Waals surface area contributed by atoms with Gasteiger partial charge in [-0.05, 0) is 26.8 Å². The summed E-state index contributed by atoms with van der Waals surface area (Å²) in [4.78, 5) is 14.4. The summed E-state index contributed by atoms with van der Waals surface area (Å²) in [7, 11) is 2.12. The summed E-state index contributed by atoms with van der Waals surface area (Å²) in [6.07, 6.45) is 4.79. The molecule has 0 saturated carbocycles. The lowest BCUT2D eigenvalue weighted by Gasteiger charge is -2.31. The van der Waals surface area contributed by atoms with E-state index in [-0.39, 0.29) is 5.43 Å². The number of likely N-dealkylation sites (N-methyl/N-ethyl adjacent to an activating group) is 1. The summed E-state index contributed by atoms with van der Waals surface area (Å²) in [6, 6.07) is 0.878. The monoisotopic (exact) mass is 205 g/mol. The first-order valence-corrected chi connectivity index (χ1v) is 5.51. The second-order valence-electron chi connectivity index (χ2n) is 4.70. The second kappa shape index (κ2) is 2.95. The van der Waals surface area contributed by atoms with E-state index in [0.29, 0.717) is 12.1 Å². The van der Waals surface area contributed by atoms with E-state index in [9.17, 15) is 4.79 Å². The van der Waals surface area contributed by atoms with Crippen molar-refractivity contribution in [3.63, 3.8) is 0 Å². The summed E-state index contributed by atoms with van der Waals surface area (Å²) in [5, 5.41) is 0. The zero-order valence-electron chi connectivity index (χ0n) is 9.12. The Kier molecular flexibility index (Phi) is 1.80. The van der Waals surface area contributed by atoms with Crippen molar-refractivity contribution in [2.24, 2.45) is 0 Å². The Bertz CT molecular complexity index is 463. The van der Waals surface area contributed by atoms with Gasteiger partial charge in [-0.25, -0.2) is 0 Å². The van der Waals surface area contributed by atoms with Gasteiger partial charge in [-0.3, -0.25) is 9.69 Å². The highest BCUT2D eigenvalue weighted by Gasteiger charge is 2.40. The molecule has 3 heteroatoms. The molecule has 80 valence electrons. The molecule has 0 radical (unpaired) electrons.